The van der Waals surface area contributed by atoms with Crippen LogP contribution in [0.1, 0.15) is 11.1 Å². The minimum absolute atomic E-state index is 0.139. The maximum Gasteiger partial charge on any atom is 0.232 e. The Bertz CT molecular complexity index is 1030. The monoisotopic (exact) mass is 388 g/mol. The molecule has 1 aliphatic carbocycles. The van der Waals surface area contributed by atoms with Crippen LogP contribution in [0.4, 0.5) is 5.95 Å². The molecule has 0 aliphatic heterocycles. The average Bonchev–Trinajstić information content (AvgIpc) is 2.62. The summed E-state index contributed by atoms with van der Waals surface area (Å²) in [4.78, 5) is 13.2. The van der Waals surface area contributed by atoms with Crippen molar-refractivity contribution in [3.05, 3.63) is 107 Å². The summed E-state index contributed by atoms with van der Waals surface area (Å²) in [5.41, 5.74) is 3.92. The molecule has 0 radical (unpaired) electrons. The summed E-state index contributed by atoms with van der Waals surface area (Å²) >= 11 is 6.20. The standard InChI is InChI=1S/C23H21ClN4/c1-17-12-8-6-7-11-15-20(18(2)16-17)21-26-22(24)28-23(27-21)25-19-13-9-4-3-5-10-14-19/h3-16H,1-2H3,(H,25,26,27,28)/b4-3-,5-3?,7-6?,8-6?,9-4?,10-5-,11-7?,12-8?,13-9?,14-10?,15-11?,17-12?,17-16?,18-16?,19-13?,19-14?,20-15?,20-18?. The molecule has 1 heterocycles. The summed E-state index contributed by atoms with van der Waals surface area (Å²) in [6.45, 7) is 4.09. The molecule has 0 fully saturated rings. The molecule has 0 spiro atoms. The van der Waals surface area contributed by atoms with Gasteiger partial charge in [0.2, 0.25) is 11.2 Å². The van der Waals surface area contributed by atoms with Gasteiger partial charge in [-0.05, 0) is 43.2 Å². The molecule has 0 bridgehead atoms. The predicted octanol–water partition coefficient (Wildman–Crippen LogP) is 5.91. The first-order valence-electron chi connectivity index (χ1n) is 8.93. The quantitative estimate of drug-likeness (QED) is 0.709. The maximum atomic E-state index is 6.20. The molecule has 1 aromatic carbocycles. The van der Waals surface area contributed by atoms with Crippen LogP contribution < -0.4 is 5.32 Å². The number of nitrogens with zero attached hydrogens (tertiary/aromatic N) is 3. The summed E-state index contributed by atoms with van der Waals surface area (Å²) in [6, 6.07) is 14.0. The minimum Gasteiger partial charge on any atom is -0.324 e. The van der Waals surface area contributed by atoms with E-state index >= 15 is 0 Å². The van der Waals surface area contributed by atoms with E-state index in [2.05, 4.69) is 39.3 Å². The number of aryl methyl sites for hydroxylation is 2. The Morgan fingerprint density at radius 3 is 2.43 bits per heavy atom. The molecule has 2 aromatic rings. The molecule has 4 nitrogen and oxygen atoms in total. The lowest BCUT2D eigenvalue weighted by Crippen LogP contribution is -2.05. The largest absolute Gasteiger partial charge is 0.324 e. The van der Waals surface area contributed by atoms with Crippen LogP contribution in [0.2, 0.25) is 5.28 Å². The minimum atomic E-state index is 0.139. The average molecular weight is 389 g/mol. The molecule has 0 saturated heterocycles. The highest BCUT2D eigenvalue weighted by atomic mass is 35.5. The van der Waals surface area contributed by atoms with Crippen LogP contribution in [-0.4, -0.2) is 15.0 Å². The van der Waals surface area contributed by atoms with Gasteiger partial charge in [0.05, 0.1) is 0 Å². The Kier molecular flexibility index (Phi) is 6.71. The van der Waals surface area contributed by atoms with Gasteiger partial charge in [0.15, 0.2) is 5.82 Å². The van der Waals surface area contributed by atoms with Crippen molar-refractivity contribution in [1.82, 2.24) is 15.0 Å². The van der Waals surface area contributed by atoms with E-state index in [-0.39, 0.29) is 5.28 Å². The van der Waals surface area contributed by atoms with Crippen LogP contribution in [-0.2, 0) is 0 Å². The lowest BCUT2D eigenvalue weighted by atomic mass is 10.1. The van der Waals surface area contributed by atoms with Crippen LogP contribution in [0.25, 0.3) is 11.4 Å². The number of hydrogen-bond donors (Lipinski definition) is 1. The molecule has 1 N–H and O–H groups in total. The second-order valence-electron chi connectivity index (χ2n) is 6.22. The van der Waals surface area contributed by atoms with Gasteiger partial charge in [-0.1, -0.05) is 78.4 Å². The van der Waals surface area contributed by atoms with E-state index in [9.17, 15) is 0 Å². The topological polar surface area (TPSA) is 50.7 Å². The van der Waals surface area contributed by atoms with Crippen molar-refractivity contribution in [3.63, 3.8) is 0 Å². The SMILES string of the molecule is Cc1ccccccc(-c2nc(Cl)nc(NC3=C/C=C\C=C/C=C3)n2)c(C)c1. The van der Waals surface area contributed by atoms with Crippen molar-refractivity contribution in [1.29, 1.82) is 0 Å². The second-order valence-corrected chi connectivity index (χ2v) is 6.55. The van der Waals surface area contributed by atoms with E-state index in [1.54, 1.807) is 0 Å². The van der Waals surface area contributed by atoms with Gasteiger partial charge in [-0.25, -0.2) is 0 Å². The Balaban J connectivity index is 2.05. The second kappa shape index (κ2) is 9.62. The van der Waals surface area contributed by atoms with Crippen LogP contribution >= 0.6 is 11.6 Å². The lowest BCUT2D eigenvalue weighted by molar-refractivity contribution is 1.05. The predicted molar refractivity (Wildman–Crippen MR) is 117 cm³/mol. The molecule has 1 aromatic heterocycles. The molecular formula is C23H21ClN4. The van der Waals surface area contributed by atoms with E-state index in [0.29, 0.717) is 11.8 Å². The highest BCUT2D eigenvalue weighted by Crippen LogP contribution is 2.21. The zero-order valence-electron chi connectivity index (χ0n) is 15.8. The third-order valence-corrected chi connectivity index (χ3v) is 4.09. The van der Waals surface area contributed by atoms with Gasteiger partial charge in [0, 0.05) is 11.3 Å². The number of anilines is 1. The van der Waals surface area contributed by atoms with E-state index in [0.717, 1.165) is 22.4 Å². The third-order valence-electron chi connectivity index (χ3n) is 3.93. The number of halogens is 1. The fraction of sp³-hybridized carbons (Fsp3) is 0.0870. The number of allylic oxidation sites excluding steroid dienone is 7. The van der Waals surface area contributed by atoms with E-state index < -0.39 is 0 Å². The molecule has 140 valence electrons. The van der Waals surface area contributed by atoms with Gasteiger partial charge in [-0.2, -0.15) is 15.0 Å². The van der Waals surface area contributed by atoms with Gasteiger partial charge in [-0.15, -0.1) is 0 Å². The highest BCUT2D eigenvalue weighted by molar-refractivity contribution is 6.28. The molecule has 0 amide bonds. The smallest absolute Gasteiger partial charge is 0.232 e. The fourth-order valence-electron chi connectivity index (χ4n) is 2.64. The molecular weight excluding hydrogens is 368 g/mol. The number of rotatable bonds is 3. The zero-order valence-corrected chi connectivity index (χ0v) is 16.6. The van der Waals surface area contributed by atoms with Crippen molar-refractivity contribution < 1.29 is 0 Å². The molecule has 28 heavy (non-hydrogen) atoms. The summed E-state index contributed by atoms with van der Waals surface area (Å²) in [7, 11) is 0. The molecule has 1 aliphatic rings. The fourth-order valence-corrected chi connectivity index (χ4v) is 2.80. The Hall–Kier alpha value is -3.24. The Morgan fingerprint density at radius 1 is 0.821 bits per heavy atom. The highest BCUT2D eigenvalue weighted by Gasteiger charge is 2.09. The molecule has 0 saturated carbocycles. The number of nitrogens with one attached hydrogen (secondary N) is 1. The number of hydrogen-bond acceptors (Lipinski definition) is 4. The number of aromatic nitrogens is 3. The lowest BCUT2D eigenvalue weighted by Gasteiger charge is -2.09. The Labute approximate surface area is 170 Å². The summed E-state index contributed by atoms with van der Waals surface area (Å²) in [5, 5.41) is 3.34. The molecule has 5 heteroatoms. The van der Waals surface area contributed by atoms with Crippen molar-refractivity contribution in [2.75, 3.05) is 5.32 Å². The first-order valence-corrected chi connectivity index (χ1v) is 9.31. The summed E-state index contributed by atoms with van der Waals surface area (Å²) in [5.74, 6) is 0.912. The third kappa shape index (κ3) is 5.63. The van der Waals surface area contributed by atoms with Crippen molar-refractivity contribution >= 4 is 17.5 Å². The van der Waals surface area contributed by atoms with Crippen LogP contribution in [0.5, 0.6) is 0 Å². The van der Waals surface area contributed by atoms with Crippen LogP contribution in [0, 0.1) is 13.8 Å². The molecule has 3 rings (SSSR count). The molecule has 0 atom stereocenters. The Morgan fingerprint density at radius 2 is 1.57 bits per heavy atom. The van der Waals surface area contributed by atoms with Crippen LogP contribution in [0.3, 0.4) is 0 Å². The van der Waals surface area contributed by atoms with Crippen molar-refractivity contribution in [2.24, 2.45) is 0 Å². The van der Waals surface area contributed by atoms with Crippen molar-refractivity contribution in [3.8, 4) is 11.4 Å². The summed E-state index contributed by atoms with van der Waals surface area (Å²) < 4.78 is 0. The van der Waals surface area contributed by atoms with E-state index in [1.165, 1.54) is 0 Å². The van der Waals surface area contributed by atoms with Gasteiger partial charge in [0.1, 0.15) is 0 Å². The van der Waals surface area contributed by atoms with E-state index in [1.807, 2.05) is 79.8 Å². The normalized spacial score (nSPS) is 14.9. The maximum absolute atomic E-state index is 6.20. The van der Waals surface area contributed by atoms with Crippen LogP contribution in [0.15, 0.2) is 90.7 Å². The zero-order chi connectivity index (χ0) is 19.8. The van der Waals surface area contributed by atoms with Crippen molar-refractivity contribution in [2.45, 2.75) is 13.8 Å². The van der Waals surface area contributed by atoms with E-state index in [4.69, 9.17) is 11.6 Å². The van der Waals surface area contributed by atoms with Gasteiger partial charge >= 0.3 is 0 Å². The van der Waals surface area contributed by atoms with Gasteiger partial charge in [0.25, 0.3) is 0 Å². The first kappa shape index (κ1) is 19.5. The van der Waals surface area contributed by atoms with Gasteiger partial charge in [-0.3, -0.25) is 0 Å². The summed E-state index contributed by atoms with van der Waals surface area (Å²) in [6.07, 6.45) is 13.6. The van der Waals surface area contributed by atoms with Gasteiger partial charge < -0.3 is 5.32 Å². The first-order chi connectivity index (χ1) is 13.6. The molecule has 0 unspecified atom stereocenters.